The standard InChI is InChI=1S/C7H7NO3S.Na/c8-7(9)5-1-3-6(4-2-5)12(10)11;/h1-4H,(H2,8,9)(H,10,11);/q;+1/p-1. The molecule has 6 heteroatoms. The average Bonchev–Trinajstić information content (AvgIpc) is 2.04. The molecular formula is C7H6NNaO3S. The maximum Gasteiger partial charge on any atom is 1.00 e. The summed E-state index contributed by atoms with van der Waals surface area (Å²) in [4.78, 5) is 10.7. The van der Waals surface area contributed by atoms with E-state index in [2.05, 4.69) is 0 Å². The van der Waals surface area contributed by atoms with Crippen LogP contribution in [-0.2, 0) is 11.1 Å². The van der Waals surface area contributed by atoms with Crippen molar-refractivity contribution in [2.45, 2.75) is 4.90 Å². The average molecular weight is 207 g/mol. The van der Waals surface area contributed by atoms with Crippen LogP contribution in [0, 0.1) is 0 Å². The first-order chi connectivity index (χ1) is 5.61. The molecule has 0 aromatic heterocycles. The largest absolute Gasteiger partial charge is 1.00 e. The number of carbonyl (C=O) groups excluding carboxylic acids is 1. The van der Waals surface area contributed by atoms with Crippen LogP contribution >= 0.6 is 0 Å². The Morgan fingerprint density at radius 2 is 1.77 bits per heavy atom. The smallest absolute Gasteiger partial charge is 0.768 e. The van der Waals surface area contributed by atoms with E-state index in [0.29, 0.717) is 5.56 Å². The Hall–Kier alpha value is -0.200. The van der Waals surface area contributed by atoms with Gasteiger partial charge < -0.3 is 10.3 Å². The molecule has 0 aliphatic heterocycles. The van der Waals surface area contributed by atoms with E-state index in [1.165, 1.54) is 24.3 Å². The van der Waals surface area contributed by atoms with E-state index >= 15 is 0 Å². The topological polar surface area (TPSA) is 83.2 Å². The minimum atomic E-state index is -2.25. The fourth-order valence-corrected chi connectivity index (χ4v) is 1.09. The molecular weight excluding hydrogens is 201 g/mol. The molecule has 4 nitrogen and oxygen atoms in total. The van der Waals surface area contributed by atoms with Crippen LogP contribution < -0.4 is 35.3 Å². The Bertz CT molecular complexity index is 292. The molecule has 0 radical (unpaired) electrons. The summed E-state index contributed by atoms with van der Waals surface area (Å²) < 4.78 is 20.7. The molecule has 0 bridgehead atoms. The Morgan fingerprint density at radius 1 is 1.31 bits per heavy atom. The molecule has 1 aromatic carbocycles. The summed E-state index contributed by atoms with van der Waals surface area (Å²) in [6.45, 7) is 0. The van der Waals surface area contributed by atoms with Gasteiger partial charge in [0.15, 0.2) is 0 Å². The molecule has 0 aliphatic carbocycles. The van der Waals surface area contributed by atoms with Crippen molar-refractivity contribution in [2.24, 2.45) is 5.73 Å². The second kappa shape index (κ2) is 5.51. The van der Waals surface area contributed by atoms with Crippen molar-refractivity contribution in [3.63, 3.8) is 0 Å². The fourth-order valence-electron chi connectivity index (χ4n) is 0.730. The molecule has 0 aliphatic rings. The van der Waals surface area contributed by atoms with Crippen molar-refractivity contribution in [2.75, 3.05) is 0 Å². The minimum absolute atomic E-state index is 0. The predicted molar refractivity (Wildman–Crippen MR) is 42.1 cm³/mol. The van der Waals surface area contributed by atoms with Gasteiger partial charge in [-0.05, 0) is 35.3 Å². The summed E-state index contributed by atoms with van der Waals surface area (Å²) >= 11 is -2.25. The van der Waals surface area contributed by atoms with Gasteiger partial charge in [-0.15, -0.1) is 0 Å². The summed E-state index contributed by atoms with van der Waals surface area (Å²) in [5.74, 6) is -0.571. The monoisotopic (exact) mass is 207 g/mol. The molecule has 2 N–H and O–H groups in total. The molecule has 1 unspecified atom stereocenters. The van der Waals surface area contributed by atoms with E-state index in [-0.39, 0.29) is 34.5 Å². The summed E-state index contributed by atoms with van der Waals surface area (Å²) in [5.41, 5.74) is 5.24. The number of nitrogens with two attached hydrogens (primary N) is 1. The van der Waals surface area contributed by atoms with Crippen LogP contribution in [0.25, 0.3) is 0 Å². The van der Waals surface area contributed by atoms with Crippen molar-refractivity contribution >= 4 is 17.0 Å². The number of rotatable bonds is 2. The normalized spacial score (nSPS) is 11.5. The number of amides is 1. The zero-order valence-electron chi connectivity index (χ0n) is 7.02. The molecule has 0 fully saturated rings. The third-order valence-electron chi connectivity index (χ3n) is 1.33. The van der Waals surface area contributed by atoms with E-state index in [0.717, 1.165) is 0 Å². The van der Waals surface area contributed by atoms with Gasteiger partial charge in [0, 0.05) is 10.5 Å². The maximum atomic E-state index is 10.6. The molecule has 1 rings (SSSR count). The van der Waals surface area contributed by atoms with Crippen molar-refractivity contribution < 1.29 is 43.1 Å². The number of primary amides is 1. The first-order valence-corrected chi connectivity index (χ1v) is 4.18. The summed E-state index contributed by atoms with van der Waals surface area (Å²) in [7, 11) is 0. The van der Waals surface area contributed by atoms with Gasteiger partial charge >= 0.3 is 29.6 Å². The third kappa shape index (κ3) is 3.58. The van der Waals surface area contributed by atoms with Gasteiger partial charge in [0.25, 0.3) is 0 Å². The molecule has 0 saturated carbocycles. The summed E-state index contributed by atoms with van der Waals surface area (Å²) in [5, 5.41) is 0. The number of carbonyl (C=O) groups is 1. The molecule has 0 spiro atoms. The van der Waals surface area contributed by atoms with Crippen molar-refractivity contribution in [3.05, 3.63) is 29.8 Å². The maximum absolute atomic E-state index is 10.6. The quantitative estimate of drug-likeness (QED) is 0.415. The first kappa shape index (κ1) is 12.8. The molecule has 64 valence electrons. The zero-order valence-corrected chi connectivity index (χ0v) is 9.84. The van der Waals surface area contributed by atoms with Crippen molar-refractivity contribution in [3.8, 4) is 0 Å². The van der Waals surface area contributed by atoms with Crippen LogP contribution in [0.1, 0.15) is 10.4 Å². The van der Waals surface area contributed by atoms with E-state index in [1.54, 1.807) is 0 Å². The first-order valence-electron chi connectivity index (χ1n) is 3.10. The summed E-state index contributed by atoms with van der Waals surface area (Å²) in [6.07, 6.45) is 0. The van der Waals surface area contributed by atoms with Gasteiger partial charge in [-0.2, -0.15) is 0 Å². The van der Waals surface area contributed by atoms with Gasteiger partial charge in [-0.25, -0.2) is 0 Å². The zero-order chi connectivity index (χ0) is 9.14. The van der Waals surface area contributed by atoms with Crippen LogP contribution in [0.3, 0.4) is 0 Å². The Kier molecular flexibility index (Phi) is 5.43. The van der Waals surface area contributed by atoms with Crippen LogP contribution in [0.15, 0.2) is 29.2 Å². The number of hydrogen-bond donors (Lipinski definition) is 1. The second-order valence-electron chi connectivity index (χ2n) is 2.12. The van der Waals surface area contributed by atoms with Gasteiger partial charge in [-0.3, -0.25) is 9.00 Å². The van der Waals surface area contributed by atoms with Crippen LogP contribution in [0.4, 0.5) is 0 Å². The molecule has 0 heterocycles. The Labute approximate surface area is 100 Å². The van der Waals surface area contributed by atoms with E-state index in [4.69, 9.17) is 5.73 Å². The van der Waals surface area contributed by atoms with Gasteiger partial charge in [0.05, 0.1) is 0 Å². The molecule has 13 heavy (non-hydrogen) atoms. The van der Waals surface area contributed by atoms with Gasteiger partial charge in [0.2, 0.25) is 5.91 Å². The number of hydrogen-bond acceptors (Lipinski definition) is 3. The van der Waals surface area contributed by atoms with Crippen molar-refractivity contribution in [1.82, 2.24) is 0 Å². The molecule has 1 aromatic rings. The molecule has 1 atom stereocenters. The predicted octanol–water partition coefficient (Wildman–Crippen LogP) is -2.97. The van der Waals surface area contributed by atoms with Crippen LogP contribution in [-0.4, -0.2) is 14.7 Å². The fraction of sp³-hybridized carbons (Fsp3) is 0. The minimum Gasteiger partial charge on any atom is -0.768 e. The molecule has 1 amide bonds. The SMILES string of the molecule is NC(=O)c1ccc(S(=O)[O-])cc1.[Na+]. The Morgan fingerprint density at radius 3 is 2.08 bits per heavy atom. The van der Waals surface area contributed by atoms with Gasteiger partial charge in [-0.1, -0.05) is 0 Å². The number of benzene rings is 1. The van der Waals surface area contributed by atoms with Crippen LogP contribution in [0.2, 0.25) is 0 Å². The van der Waals surface area contributed by atoms with Crippen LogP contribution in [0.5, 0.6) is 0 Å². The Balaban J connectivity index is 0.00000144. The van der Waals surface area contributed by atoms with Gasteiger partial charge in [0.1, 0.15) is 0 Å². The molecule has 0 saturated heterocycles. The third-order valence-corrected chi connectivity index (χ3v) is 1.99. The van der Waals surface area contributed by atoms with Crippen molar-refractivity contribution in [1.29, 1.82) is 0 Å². The van der Waals surface area contributed by atoms with E-state index in [9.17, 15) is 13.6 Å². The summed E-state index contributed by atoms with van der Waals surface area (Å²) in [6, 6.07) is 5.38. The van der Waals surface area contributed by atoms with E-state index < -0.39 is 17.0 Å². The van der Waals surface area contributed by atoms with E-state index in [1.807, 2.05) is 0 Å². The second-order valence-corrected chi connectivity index (χ2v) is 3.06.